The van der Waals surface area contributed by atoms with E-state index in [0.717, 1.165) is 11.4 Å². The molecule has 6 heteroatoms. The lowest BCUT2D eigenvalue weighted by molar-refractivity contribution is -0.113. The van der Waals surface area contributed by atoms with E-state index in [4.69, 9.17) is 0 Å². The van der Waals surface area contributed by atoms with Crippen LogP contribution in [-0.4, -0.2) is 21.6 Å². The monoisotopic (exact) mass is 317 g/mol. The van der Waals surface area contributed by atoms with Crippen molar-refractivity contribution in [3.05, 3.63) is 52.1 Å². The third-order valence-corrected chi connectivity index (χ3v) is 3.98. The van der Waals surface area contributed by atoms with Crippen LogP contribution in [0.3, 0.4) is 0 Å². The van der Waals surface area contributed by atoms with E-state index in [1.807, 2.05) is 24.3 Å². The number of benzene rings is 1. The molecule has 2 rings (SSSR count). The van der Waals surface area contributed by atoms with Gasteiger partial charge in [0.15, 0.2) is 0 Å². The van der Waals surface area contributed by atoms with E-state index in [1.54, 1.807) is 13.0 Å². The van der Waals surface area contributed by atoms with Gasteiger partial charge < -0.3 is 10.3 Å². The fraction of sp³-hybridized carbons (Fsp3) is 0.312. The van der Waals surface area contributed by atoms with Crippen molar-refractivity contribution in [3.63, 3.8) is 0 Å². The molecule has 0 fully saturated rings. The molecule has 0 bridgehead atoms. The van der Waals surface area contributed by atoms with Gasteiger partial charge in [0, 0.05) is 11.4 Å². The van der Waals surface area contributed by atoms with Gasteiger partial charge in [0.2, 0.25) is 5.91 Å². The Morgan fingerprint density at radius 2 is 2.00 bits per heavy atom. The van der Waals surface area contributed by atoms with Crippen LogP contribution < -0.4 is 11.0 Å². The molecule has 2 N–H and O–H groups in total. The second-order valence-corrected chi connectivity index (χ2v) is 6.32. The van der Waals surface area contributed by atoms with Crippen LogP contribution in [-0.2, 0) is 4.79 Å². The summed E-state index contributed by atoms with van der Waals surface area (Å²) >= 11 is 1.24. The van der Waals surface area contributed by atoms with E-state index in [2.05, 4.69) is 29.1 Å². The number of aryl methyl sites for hydroxylation is 1. The average Bonchev–Trinajstić information content (AvgIpc) is 2.45. The van der Waals surface area contributed by atoms with Gasteiger partial charge in [0.05, 0.1) is 5.75 Å². The number of carbonyl (C=O) groups excluding carboxylic acids is 1. The minimum absolute atomic E-state index is 0.123. The highest BCUT2D eigenvalue weighted by Crippen LogP contribution is 2.18. The molecule has 0 saturated heterocycles. The molecule has 0 atom stereocenters. The zero-order valence-electron chi connectivity index (χ0n) is 12.8. The lowest BCUT2D eigenvalue weighted by atomic mass is 10.0. The largest absolute Gasteiger partial charge is 0.346 e. The topological polar surface area (TPSA) is 74.8 Å². The number of amides is 1. The molecule has 1 aromatic heterocycles. The maximum absolute atomic E-state index is 11.9. The molecular formula is C16H19N3O2S. The fourth-order valence-corrected chi connectivity index (χ4v) is 2.67. The molecule has 0 aliphatic heterocycles. The molecule has 0 saturated carbocycles. The molecule has 116 valence electrons. The molecule has 0 spiro atoms. The van der Waals surface area contributed by atoms with Crippen molar-refractivity contribution >= 4 is 23.4 Å². The Hall–Kier alpha value is -2.08. The average molecular weight is 317 g/mol. The van der Waals surface area contributed by atoms with Gasteiger partial charge in [0.25, 0.3) is 0 Å². The number of aromatic amines is 1. The van der Waals surface area contributed by atoms with Crippen molar-refractivity contribution in [2.45, 2.75) is 31.7 Å². The second-order valence-electron chi connectivity index (χ2n) is 5.32. The molecule has 0 radical (unpaired) electrons. The predicted molar refractivity (Wildman–Crippen MR) is 89.5 cm³/mol. The molecule has 5 nitrogen and oxygen atoms in total. The molecule has 0 aliphatic carbocycles. The van der Waals surface area contributed by atoms with Crippen molar-refractivity contribution in [3.8, 4) is 0 Å². The zero-order valence-corrected chi connectivity index (χ0v) is 13.7. The van der Waals surface area contributed by atoms with E-state index in [-0.39, 0.29) is 11.7 Å². The first kappa shape index (κ1) is 16.3. The normalized spacial score (nSPS) is 10.7. The number of nitrogens with one attached hydrogen (secondary N) is 2. The van der Waals surface area contributed by atoms with E-state index in [9.17, 15) is 9.59 Å². The van der Waals surface area contributed by atoms with Crippen LogP contribution in [0.2, 0.25) is 0 Å². The third-order valence-electron chi connectivity index (χ3n) is 3.07. The van der Waals surface area contributed by atoms with Gasteiger partial charge in [0.1, 0.15) is 5.03 Å². The minimum atomic E-state index is -0.396. The Morgan fingerprint density at radius 1 is 1.32 bits per heavy atom. The summed E-state index contributed by atoms with van der Waals surface area (Å²) in [7, 11) is 0. The molecular weight excluding hydrogens is 298 g/mol. The number of hydrogen-bond acceptors (Lipinski definition) is 4. The predicted octanol–water partition coefficient (Wildman–Crippen LogP) is 2.93. The number of rotatable bonds is 5. The number of anilines is 1. The van der Waals surface area contributed by atoms with Crippen molar-refractivity contribution < 1.29 is 4.79 Å². The highest BCUT2D eigenvalue weighted by atomic mass is 32.2. The van der Waals surface area contributed by atoms with Crippen molar-refractivity contribution in [2.75, 3.05) is 11.1 Å². The van der Waals surface area contributed by atoms with Gasteiger partial charge in [-0.05, 0) is 36.6 Å². The molecule has 2 aromatic rings. The van der Waals surface area contributed by atoms with Gasteiger partial charge >= 0.3 is 5.69 Å². The fourth-order valence-electron chi connectivity index (χ4n) is 1.91. The SMILES string of the molecule is Cc1cc(SCC(=O)Nc2ccc(C(C)C)cc2)nc(=O)[nH]1. The minimum Gasteiger partial charge on any atom is -0.325 e. The first-order valence-corrected chi connectivity index (χ1v) is 8.03. The highest BCUT2D eigenvalue weighted by Gasteiger charge is 2.06. The molecule has 0 aliphatic rings. The number of hydrogen-bond donors (Lipinski definition) is 2. The Balaban J connectivity index is 1.91. The lowest BCUT2D eigenvalue weighted by Crippen LogP contribution is -2.16. The van der Waals surface area contributed by atoms with Gasteiger partial charge in [-0.1, -0.05) is 37.7 Å². The Bertz CT molecular complexity index is 708. The number of carbonyl (C=O) groups is 1. The van der Waals surface area contributed by atoms with Crippen molar-refractivity contribution in [1.82, 2.24) is 9.97 Å². The van der Waals surface area contributed by atoms with Gasteiger partial charge in [-0.2, -0.15) is 4.98 Å². The maximum Gasteiger partial charge on any atom is 0.346 e. The summed E-state index contributed by atoms with van der Waals surface area (Å²) in [6.07, 6.45) is 0. The summed E-state index contributed by atoms with van der Waals surface area (Å²) in [6.45, 7) is 6.03. The molecule has 22 heavy (non-hydrogen) atoms. The molecule has 1 heterocycles. The Kier molecular flexibility index (Phi) is 5.38. The third kappa shape index (κ3) is 4.73. The molecule has 1 amide bonds. The van der Waals surface area contributed by atoms with Crippen molar-refractivity contribution in [2.24, 2.45) is 0 Å². The first-order chi connectivity index (χ1) is 10.4. The second kappa shape index (κ2) is 7.26. The summed E-state index contributed by atoms with van der Waals surface area (Å²) in [4.78, 5) is 29.6. The Morgan fingerprint density at radius 3 is 2.59 bits per heavy atom. The lowest BCUT2D eigenvalue weighted by Gasteiger charge is -2.08. The maximum atomic E-state index is 11.9. The van der Waals surface area contributed by atoms with Crippen LogP contribution in [0.5, 0.6) is 0 Å². The van der Waals surface area contributed by atoms with Gasteiger partial charge in [-0.3, -0.25) is 4.79 Å². The van der Waals surface area contributed by atoms with Crippen LogP contribution in [0.4, 0.5) is 5.69 Å². The smallest absolute Gasteiger partial charge is 0.325 e. The molecule has 1 aromatic carbocycles. The van der Waals surface area contributed by atoms with Crippen LogP contribution in [0.1, 0.15) is 31.0 Å². The standard InChI is InChI=1S/C16H19N3O2S/c1-10(2)12-4-6-13(7-5-12)18-14(20)9-22-15-8-11(3)17-16(21)19-15/h4-8,10H,9H2,1-3H3,(H,18,20)(H,17,19,21). The number of H-pyrrole nitrogens is 1. The summed E-state index contributed by atoms with van der Waals surface area (Å²) in [6, 6.07) is 9.56. The summed E-state index contributed by atoms with van der Waals surface area (Å²) in [5.74, 6) is 0.551. The van der Waals surface area contributed by atoms with Gasteiger partial charge in [-0.25, -0.2) is 4.79 Å². The number of aromatic nitrogens is 2. The first-order valence-electron chi connectivity index (χ1n) is 7.04. The quantitative estimate of drug-likeness (QED) is 0.657. The summed E-state index contributed by atoms with van der Waals surface area (Å²) in [5.41, 5.74) is 2.33. The van der Waals surface area contributed by atoms with E-state index < -0.39 is 5.69 Å². The number of nitrogens with zero attached hydrogens (tertiary/aromatic N) is 1. The molecule has 0 unspecified atom stereocenters. The van der Waals surface area contributed by atoms with Crippen LogP contribution >= 0.6 is 11.8 Å². The zero-order chi connectivity index (χ0) is 16.1. The number of thioether (sulfide) groups is 1. The van der Waals surface area contributed by atoms with Crippen molar-refractivity contribution in [1.29, 1.82) is 0 Å². The van der Waals surface area contributed by atoms with E-state index in [0.29, 0.717) is 10.9 Å². The van der Waals surface area contributed by atoms with E-state index >= 15 is 0 Å². The van der Waals surface area contributed by atoms with Crippen LogP contribution in [0.15, 0.2) is 40.2 Å². The Labute approximate surface area is 133 Å². The van der Waals surface area contributed by atoms with E-state index in [1.165, 1.54) is 17.3 Å². The summed E-state index contributed by atoms with van der Waals surface area (Å²) < 4.78 is 0. The highest BCUT2D eigenvalue weighted by molar-refractivity contribution is 7.99. The summed E-state index contributed by atoms with van der Waals surface area (Å²) in [5, 5.41) is 3.38. The van der Waals surface area contributed by atoms with Crippen LogP contribution in [0, 0.1) is 6.92 Å². The van der Waals surface area contributed by atoms with Crippen LogP contribution in [0.25, 0.3) is 0 Å². The van der Waals surface area contributed by atoms with Gasteiger partial charge in [-0.15, -0.1) is 0 Å².